The molecule has 19 heavy (non-hydrogen) atoms. The van der Waals surface area contributed by atoms with Crippen molar-refractivity contribution in [2.45, 2.75) is 18.6 Å². The molecule has 0 atom stereocenters. The smallest absolute Gasteiger partial charge is 0.321 e. The number of fused-ring (bicyclic) bond motifs is 2. The number of rotatable bonds is 0. The maximum atomic E-state index is 11.7. The average molecular weight is 257 g/mol. The molecule has 2 aliphatic rings. The van der Waals surface area contributed by atoms with Crippen molar-refractivity contribution in [3.63, 3.8) is 0 Å². The lowest BCUT2D eigenvalue weighted by Crippen LogP contribution is -2.37. The Balaban J connectivity index is 2.17. The van der Waals surface area contributed by atoms with Gasteiger partial charge in [0.15, 0.2) is 0 Å². The van der Waals surface area contributed by atoms with E-state index in [1.165, 1.54) is 6.21 Å². The van der Waals surface area contributed by atoms with Crippen LogP contribution in [-0.2, 0) is 24.8 Å². The molecule has 0 bridgehead atoms. The van der Waals surface area contributed by atoms with E-state index in [0.717, 1.165) is 5.56 Å². The Morgan fingerprint density at radius 3 is 2.47 bits per heavy atom. The number of benzene rings is 1. The van der Waals surface area contributed by atoms with Gasteiger partial charge in [-0.2, -0.15) is 0 Å². The minimum absolute atomic E-state index is 0.0179. The van der Waals surface area contributed by atoms with Gasteiger partial charge in [0.25, 0.3) is 0 Å². The van der Waals surface area contributed by atoms with Gasteiger partial charge in [0.1, 0.15) is 0 Å². The second-order valence-electron chi connectivity index (χ2n) is 4.30. The highest BCUT2D eigenvalue weighted by Gasteiger charge is 2.43. The molecule has 0 saturated carbocycles. The number of hydrogen-bond acceptors (Lipinski definition) is 5. The van der Waals surface area contributed by atoms with Crippen molar-refractivity contribution >= 4 is 24.2 Å². The van der Waals surface area contributed by atoms with Gasteiger partial charge >= 0.3 is 17.7 Å². The van der Waals surface area contributed by atoms with Crippen LogP contribution in [-0.4, -0.2) is 18.2 Å². The summed E-state index contributed by atoms with van der Waals surface area (Å²) in [6.45, 7) is 0. The van der Waals surface area contributed by atoms with Crippen molar-refractivity contribution < 1.29 is 19.1 Å². The fourth-order valence-electron chi connectivity index (χ4n) is 2.12. The normalized spacial score (nSPS) is 20.2. The molecule has 5 heteroatoms. The number of nitrogens with zero attached hydrogens (tertiary/aromatic N) is 1. The van der Waals surface area contributed by atoms with E-state index in [-0.39, 0.29) is 12.8 Å². The molecule has 3 rings (SSSR count). The molecule has 2 heterocycles. The second-order valence-corrected chi connectivity index (χ2v) is 4.30. The van der Waals surface area contributed by atoms with E-state index in [4.69, 9.17) is 9.47 Å². The van der Waals surface area contributed by atoms with E-state index in [1.54, 1.807) is 24.4 Å². The number of esters is 2. The second kappa shape index (κ2) is 4.35. The molecule has 0 amide bonds. The highest BCUT2D eigenvalue weighted by Crippen LogP contribution is 2.33. The fraction of sp³-hybridized carbons (Fsp3) is 0.214. The SMILES string of the molecule is O=C1CCC(=O)OC2(C=NC=Cc3ccccc32)O1. The monoisotopic (exact) mass is 257 g/mol. The van der Waals surface area contributed by atoms with Crippen LogP contribution in [0.5, 0.6) is 0 Å². The van der Waals surface area contributed by atoms with Gasteiger partial charge in [-0.05, 0) is 11.6 Å². The summed E-state index contributed by atoms with van der Waals surface area (Å²) in [5.41, 5.74) is 1.39. The van der Waals surface area contributed by atoms with Crippen LogP contribution in [0.2, 0.25) is 0 Å². The molecular formula is C14H11NO4. The van der Waals surface area contributed by atoms with Gasteiger partial charge in [-0.3, -0.25) is 14.6 Å². The van der Waals surface area contributed by atoms with Crippen molar-refractivity contribution in [1.82, 2.24) is 0 Å². The predicted octanol–water partition coefficient (Wildman–Crippen LogP) is 1.77. The number of carbonyl (C=O) groups is 2. The Kier molecular flexibility index (Phi) is 2.67. The van der Waals surface area contributed by atoms with Gasteiger partial charge in [-0.1, -0.05) is 24.3 Å². The summed E-state index contributed by atoms with van der Waals surface area (Å²) >= 11 is 0. The standard InChI is InChI=1S/C14H11NO4/c16-12-5-6-13(17)19-14(18-12)9-15-8-7-10-3-1-2-4-11(10)14/h1-4,7-9H,5-6H2. The molecule has 1 aromatic rings. The molecule has 96 valence electrons. The maximum absolute atomic E-state index is 11.7. The van der Waals surface area contributed by atoms with Gasteiger partial charge in [0.05, 0.1) is 19.1 Å². The van der Waals surface area contributed by atoms with Crippen molar-refractivity contribution in [1.29, 1.82) is 0 Å². The van der Waals surface area contributed by atoms with Crippen LogP contribution in [0.1, 0.15) is 24.0 Å². The van der Waals surface area contributed by atoms with Crippen LogP contribution in [0.3, 0.4) is 0 Å². The van der Waals surface area contributed by atoms with Crippen LogP contribution < -0.4 is 0 Å². The van der Waals surface area contributed by atoms with Crippen LogP contribution in [0, 0.1) is 0 Å². The van der Waals surface area contributed by atoms with Gasteiger partial charge in [-0.15, -0.1) is 0 Å². The Morgan fingerprint density at radius 2 is 1.74 bits per heavy atom. The van der Waals surface area contributed by atoms with Crippen molar-refractivity contribution in [2.24, 2.45) is 4.99 Å². The maximum Gasteiger partial charge on any atom is 0.321 e. The topological polar surface area (TPSA) is 65.0 Å². The molecule has 5 nitrogen and oxygen atoms in total. The third kappa shape index (κ3) is 2.03. The lowest BCUT2D eigenvalue weighted by molar-refractivity contribution is -0.199. The minimum Gasteiger partial charge on any atom is -0.413 e. The van der Waals surface area contributed by atoms with Crippen molar-refractivity contribution in [3.05, 3.63) is 41.6 Å². The van der Waals surface area contributed by atoms with Crippen LogP contribution in [0.25, 0.3) is 6.08 Å². The molecular weight excluding hydrogens is 246 g/mol. The Morgan fingerprint density at radius 1 is 1.05 bits per heavy atom. The van der Waals surface area contributed by atoms with E-state index >= 15 is 0 Å². The van der Waals surface area contributed by atoms with Gasteiger partial charge in [0.2, 0.25) is 0 Å². The van der Waals surface area contributed by atoms with E-state index in [9.17, 15) is 9.59 Å². The molecule has 0 radical (unpaired) electrons. The summed E-state index contributed by atoms with van der Waals surface area (Å²) in [6, 6.07) is 7.24. The molecule has 0 unspecified atom stereocenters. The lowest BCUT2D eigenvalue weighted by Gasteiger charge is -2.28. The molecule has 2 aliphatic heterocycles. The van der Waals surface area contributed by atoms with E-state index in [1.807, 2.05) is 12.1 Å². The van der Waals surface area contributed by atoms with E-state index in [0.29, 0.717) is 5.56 Å². The summed E-state index contributed by atoms with van der Waals surface area (Å²) in [5.74, 6) is -2.51. The van der Waals surface area contributed by atoms with Crippen LogP contribution in [0.4, 0.5) is 0 Å². The highest BCUT2D eigenvalue weighted by molar-refractivity contribution is 5.87. The van der Waals surface area contributed by atoms with Crippen molar-refractivity contribution in [3.8, 4) is 0 Å². The zero-order valence-corrected chi connectivity index (χ0v) is 10.0. The summed E-state index contributed by atoms with van der Waals surface area (Å²) in [6.07, 6.45) is 4.72. The third-order valence-corrected chi connectivity index (χ3v) is 2.99. The first-order chi connectivity index (χ1) is 9.20. The molecule has 1 aromatic carbocycles. The molecule has 1 spiro atoms. The number of carbonyl (C=O) groups excluding carboxylic acids is 2. The predicted molar refractivity (Wildman–Crippen MR) is 67.1 cm³/mol. The quantitative estimate of drug-likeness (QED) is 0.664. The Labute approximate surface area is 109 Å². The van der Waals surface area contributed by atoms with Crippen LogP contribution in [0.15, 0.2) is 35.5 Å². The van der Waals surface area contributed by atoms with E-state index in [2.05, 4.69) is 4.99 Å². The molecule has 0 N–H and O–H groups in total. The Hall–Kier alpha value is -2.43. The minimum atomic E-state index is -1.55. The van der Waals surface area contributed by atoms with Crippen LogP contribution >= 0.6 is 0 Å². The van der Waals surface area contributed by atoms with Gasteiger partial charge < -0.3 is 9.47 Å². The Bertz CT molecular complexity index is 585. The third-order valence-electron chi connectivity index (χ3n) is 2.99. The molecule has 0 aliphatic carbocycles. The lowest BCUT2D eigenvalue weighted by atomic mass is 10.00. The zero-order chi connectivity index (χ0) is 13.3. The van der Waals surface area contributed by atoms with Crippen molar-refractivity contribution in [2.75, 3.05) is 0 Å². The zero-order valence-electron chi connectivity index (χ0n) is 10.0. The first-order valence-corrected chi connectivity index (χ1v) is 5.94. The first kappa shape index (κ1) is 11.6. The van der Waals surface area contributed by atoms with Gasteiger partial charge in [0, 0.05) is 11.8 Å². The number of ether oxygens (including phenoxy) is 2. The molecule has 0 aromatic heterocycles. The summed E-state index contributed by atoms with van der Waals surface area (Å²) in [4.78, 5) is 27.4. The van der Waals surface area contributed by atoms with E-state index < -0.39 is 17.7 Å². The number of hydrogen-bond donors (Lipinski definition) is 0. The summed E-state index contributed by atoms with van der Waals surface area (Å²) in [5, 5.41) is 0. The van der Waals surface area contributed by atoms with Gasteiger partial charge in [-0.25, -0.2) is 0 Å². The first-order valence-electron chi connectivity index (χ1n) is 5.94. The molecule has 1 fully saturated rings. The number of aliphatic imine (C=N–C) groups is 1. The summed E-state index contributed by atoms with van der Waals surface area (Å²) < 4.78 is 10.7. The fourth-order valence-corrected chi connectivity index (χ4v) is 2.12. The summed E-state index contributed by atoms with van der Waals surface area (Å²) in [7, 11) is 0. The molecule has 1 saturated heterocycles. The largest absolute Gasteiger partial charge is 0.413 e. The average Bonchev–Trinajstić information content (AvgIpc) is 2.66. The highest BCUT2D eigenvalue weighted by atomic mass is 16.7.